The number of hydrogen-bond acceptors (Lipinski definition) is 2. The molecule has 0 aliphatic heterocycles. The number of esters is 1. The number of carbonyl (C=O) groups excluding carboxylic acids is 1. The number of carbonyl (C=O) groups is 1. The van der Waals surface area contributed by atoms with Crippen molar-refractivity contribution in [1.29, 1.82) is 0 Å². The molecule has 5 rings (SSSR count). The number of ether oxygens (including phenoxy) is 1. The average Bonchev–Trinajstić information content (AvgIpc) is 2.86. The lowest BCUT2D eigenvalue weighted by atomic mass is 9.51. The van der Waals surface area contributed by atoms with Crippen LogP contribution in [0.25, 0.3) is 11.1 Å². The Bertz CT molecular complexity index is 898. The van der Waals surface area contributed by atoms with E-state index < -0.39 is 0 Å². The lowest BCUT2D eigenvalue weighted by Crippen LogP contribution is -2.44. The van der Waals surface area contributed by atoms with Crippen LogP contribution in [0, 0.1) is 5.41 Å². The van der Waals surface area contributed by atoms with Gasteiger partial charge in [0, 0.05) is 6.42 Å². The molecule has 2 aromatic rings. The van der Waals surface area contributed by atoms with Crippen LogP contribution in [-0.4, -0.2) is 5.97 Å². The fourth-order valence-corrected chi connectivity index (χ4v) is 6.13. The maximum atomic E-state index is 11.9. The van der Waals surface area contributed by atoms with Gasteiger partial charge < -0.3 is 4.74 Å². The third-order valence-corrected chi connectivity index (χ3v) is 8.42. The molecule has 33 heavy (non-hydrogen) atoms. The van der Waals surface area contributed by atoms with Crippen molar-refractivity contribution in [2.45, 2.75) is 95.8 Å². The Morgan fingerprint density at radius 1 is 0.879 bits per heavy atom. The van der Waals surface area contributed by atoms with Gasteiger partial charge in [-0.1, -0.05) is 68.7 Å². The van der Waals surface area contributed by atoms with Crippen LogP contribution in [0.1, 0.15) is 96.0 Å². The van der Waals surface area contributed by atoms with Crippen LogP contribution in [0.15, 0.2) is 61.2 Å². The minimum Gasteiger partial charge on any atom is -0.427 e. The Balaban J connectivity index is 1.35. The normalized spacial score (nSPS) is 23.9. The molecule has 3 fully saturated rings. The number of rotatable bonds is 11. The van der Waals surface area contributed by atoms with E-state index in [1.165, 1.54) is 75.3 Å². The fraction of sp³-hybridized carbons (Fsp3) is 0.516. The smallest absolute Gasteiger partial charge is 0.311 e. The van der Waals surface area contributed by atoms with E-state index in [1.54, 1.807) is 0 Å². The monoisotopic (exact) mass is 444 g/mol. The molecule has 0 atom stereocenters. The fourth-order valence-electron chi connectivity index (χ4n) is 6.13. The van der Waals surface area contributed by atoms with Gasteiger partial charge >= 0.3 is 5.97 Å². The lowest BCUT2D eigenvalue weighted by molar-refractivity contribution is -0.134. The first-order chi connectivity index (χ1) is 16.1. The second-order valence-electron chi connectivity index (χ2n) is 10.5. The Hall–Kier alpha value is -2.35. The summed E-state index contributed by atoms with van der Waals surface area (Å²) in [4.78, 5) is 11.9. The van der Waals surface area contributed by atoms with Gasteiger partial charge in [-0.2, -0.15) is 0 Å². The first-order valence-corrected chi connectivity index (χ1v) is 13.1. The second-order valence-corrected chi connectivity index (χ2v) is 10.5. The van der Waals surface area contributed by atoms with Crippen LogP contribution in [0.4, 0.5) is 0 Å². The number of unbranched alkanes of at least 4 members (excludes halogenated alkanes) is 3. The van der Waals surface area contributed by atoms with Crippen molar-refractivity contribution in [1.82, 2.24) is 0 Å². The van der Waals surface area contributed by atoms with Gasteiger partial charge in [0.1, 0.15) is 5.75 Å². The zero-order valence-electron chi connectivity index (χ0n) is 20.4. The standard InChI is InChI=1S/C31H40O2/c1-3-5-7-9-29(32)33-28-16-12-26(13-17-28)25-10-14-27(15-11-25)31-22-19-30(20-23-31,21-24-31)18-8-6-4-2/h3,10-17H,1,4-9,18-24H2,2H3. The predicted octanol–water partition coefficient (Wildman–Crippen LogP) is 8.79. The summed E-state index contributed by atoms with van der Waals surface area (Å²) in [6.07, 6.45) is 17.9. The summed E-state index contributed by atoms with van der Waals surface area (Å²) in [6, 6.07) is 17.2. The molecule has 0 heterocycles. The van der Waals surface area contributed by atoms with Crippen molar-refractivity contribution in [3.05, 3.63) is 66.7 Å². The quantitative estimate of drug-likeness (QED) is 0.150. The SMILES string of the molecule is C=CCCCC(=O)Oc1ccc(-c2ccc(C34CCC(CCCCC)(CC3)CC4)cc2)cc1. The van der Waals surface area contributed by atoms with E-state index in [1.807, 2.05) is 30.3 Å². The molecule has 0 radical (unpaired) electrons. The minimum absolute atomic E-state index is 0.178. The van der Waals surface area contributed by atoms with Gasteiger partial charge in [-0.05, 0) is 97.4 Å². The maximum Gasteiger partial charge on any atom is 0.311 e. The molecule has 0 N–H and O–H groups in total. The molecule has 0 amide bonds. The third kappa shape index (κ3) is 5.60. The summed E-state index contributed by atoms with van der Waals surface area (Å²) in [7, 11) is 0. The number of fused-ring (bicyclic) bond motifs is 3. The molecule has 3 saturated carbocycles. The summed E-state index contributed by atoms with van der Waals surface area (Å²) >= 11 is 0. The Morgan fingerprint density at radius 2 is 1.48 bits per heavy atom. The Morgan fingerprint density at radius 3 is 2.06 bits per heavy atom. The van der Waals surface area contributed by atoms with Gasteiger partial charge in [-0.15, -0.1) is 6.58 Å². The number of allylic oxidation sites excluding steroid dienone is 1. The van der Waals surface area contributed by atoms with Crippen molar-refractivity contribution in [2.75, 3.05) is 0 Å². The molecule has 2 nitrogen and oxygen atoms in total. The number of hydrogen-bond donors (Lipinski definition) is 0. The van der Waals surface area contributed by atoms with Gasteiger partial charge in [0.05, 0.1) is 0 Å². The van der Waals surface area contributed by atoms with Gasteiger partial charge in [-0.25, -0.2) is 0 Å². The van der Waals surface area contributed by atoms with E-state index >= 15 is 0 Å². The molecule has 176 valence electrons. The van der Waals surface area contributed by atoms with Crippen molar-refractivity contribution in [3.8, 4) is 16.9 Å². The molecular weight excluding hydrogens is 404 g/mol. The van der Waals surface area contributed by atoms with Crippen LogP contribution in [-0.2, 0) is 10.2 Å². The first-order valence-electron chi connectivity index (χ1n) is 13.1. The molecule has 2 aromatic carbocycles. The van der Waals surface area contributed by atoms with E-state index in [-0.39, 0.29) is 5.97 Å². The zero-order chi connectivity index (χ0) is 23.2. The number of benzene rings is 2. The van der Waals surface area contributed by atoms with Gasteiger partial charge in [0.2, 0.25) is 0 Å². The largest absolute Gasteiger partial charge is 0.427 e. The second kappa shape index (κ2) is 10.7. The van der Waals surface area contributed by atoms with E-state index in [2.05, 4.69) is 37.8 Å². The molecule has 3 aliphatic carbocycles. The van der Waals surface area contributed by atoms with Crippen LogP contribution in [0.3, 0.4) is 0 Å². The molecule has 0 aromatic heterocycles. The van der Waals surface area contributed by atoms with Crippen molar-refractivity contribution >= 4 is 5.97 Å². The molecule has 2 heteroatoms. The minimum atomic E-state index is -0.178. The van der Waals surface area contributed by atoms with Crippen molar-refractivity contribution in [2.24, 2.45) is 5.41 Å². The Kier molecular flexibility index (Phi) is 7.73. The highest BCUT2D eigenvalue weighted by molar-refractivity contribution is 5.73. The maximum absolute atomic E-state index is 11.9. The molecule has 3 aliphatic rings. The van der Waals surface area contributed by atoms with Gasteiger partial charge in [0.25, 0.3) is 0 Å². The van der Waals surface area contributed by atoms with Crippen LogP contribution >= 0.6 is 0 Å². The molecule has 0 unspecified atom stereocenters. The average molecular weight is 445 g/mol. The molecule has 0 saturated heterocycles. The highest BCUT2D eigenvalue weighted by Gasteiger charge is 2.48. The first kappa shape index (κ1) is 23.8. The van der Waals surface area contributed by atoms with E-state index in [9.17, 15) is 4.79 Å². The van der Waals surface area contributed by atoms with Crippen LogP contribution < -0.4 is 4.74 Å². The lowest BCUT2D eigenvalue weighted by Gasteiger charge is -2.54. The van der Waals surface area contributed by atoms with Crippen LogP contribution in [0.2, 0.25) is 0 Å². The van der Waals surface area contributed by atoms with Crippen molar-refractivity contribution in [3.63, 3.8) is 0 Å². The highest BCUT2D eigenvalue weighted by Crippen LogP contribution is 2.59. The third-order valence-electron chi connectivity index (χ3n) is 8.42. The highest BCUT2D eigenvalue weighted by atomic mass is 16.5. The van der Waals surface area contributed by atoms with Crippen LogP contribution in [0.5, 0.6) is 5.75 Å². The van der Waals surface area contributed by atoms with Crippen molar-refractivity contribution < 1.29 is 9.53 Å². The Labute approximate surface area is 200 Å². The topological polar surface area (TPSA) is 26.3 Å². The summed E-state index contributed by atoms with van der Waals surface area (Å²) < 4.78 is 5.45. The van der Waals surface area contributed by atoms with E-state index in [0.717, 1.165) is 18.4 Å². The summed E-state index contributed by atoms with van der Waals surface area (Å²) in [5, 5.41) is 0. The summed E-state index contributed by atoms with van der Waals surface area (Å²) in [5.41, 5.74) is 4.99. The summed E-state index contributed by atoms with van der Waals surface area (Å²) in [6.45, 7) is 5.99. The van der Waals surface area contributed by atoms with E-state index in [4.69, 9.17) is 4.74 Å². The zero-order valence-corrected chi connectivity index (χ0v) is 20.4. The molecule has 0 spiro atoms. The predicted molar refractivity (Wildman–Crippen MR) is 138 cm³/mol. The summed E-state index contributed by atoms with van der Waals surface area (Å²) in [5.74, 6) is 0.437. The molecule has 2 bridgehead atoms. The van der Waals surface area contributed by atoms with Gasteiger partial charge in [0.15, 0.2) is 0 Å². The molecular formula is C31H40O2. The van der Waals surface area contributed by atoms with Gasteiger partial charge in [-0.3, -0.25) is 4.79 Å². The van der Waals surface area contributed by atoms with E-state index in [0.29, 0.717) is 23.0 Å².